The van der Waals surface area contributed by atoms with Crippen molar-refractivity contribution in [3.05, 3.63) is 36.4 Å². The molecule has 0 spiro atoms. The molecule has 0 radical (unpaired) electrons. The Bertz CT molecular complexity index is 641. The van der Waals surface area contributed by atoms with Crippen LogP contribution in [-0.2, 0) is 11.2 Å². The Hall–Kier alpha value is -2.35. The van der Waals surface area contributed by atoms with Gasteiger partial charge in [-0.2, -0.15) is 0 Å². The van der Waals surface area contributed by atoms with Crippen molar-refractivity contribution < 1.29 is 9.13 Å². The summed E-state index contributed by atoms with van der Waals surface area (Å²) in [6, 6.07) is 1.80. The summed E-state index contributed by atoms with van der Waals surface area (Å²) < 4.78 is 17.8. The number of nitrogens with zero attached hydrogens (tertiary/aromatic N) is 6. The number of piperazine rings is 1. The van der Waals surface area contributed by atoms with Gasteiger partial charge in [-0.15, -0.1) is 0 Å². The molecule has 0 bridgehead atoms. The Morgan fingerprint density at radius 3 is 2.56 bits per heavy atom. The second-order valence-corrected chi connectivity index (χ2v) is 5.85. The van der Waals surface area contributed by atoms with E-state index in [1.54, 1.807) is 18.5 Å². The van der Waals surface area contributed by atoms with E-state index in [9.17, 15) is 4.39 Å². The van der Waals surface area contributed by atoms with Crippen molar-refractivity contribution in [1.82, 2.24) is 19.9 Å². The summed E-state index contributed by atoms with van der Waals surface area (Å²) in [5, 5.41) is 0. The molecule has 0 saturated carbocycles. The monoisotopic (exact) mass is 346 g/mol. The molecule has 3 rings (SSSR count). The number of halogens is 1. The van der Waals surface area contributed by atoms with Crippen LogP contribution in [0.1, 0.15) is 12.5 Å². The van der Waals surface area contributed by atoms with Crippen LogP contribution in [0, 0.1) is 0 Å². The average molecular weight is 346 g/mol. The van der Waals surface area contributed by atoms with Gasteiger partial charge in [0.15, 0.2) is 0 Å². The maximum Gasteiger partial charge on any atom is 0.225 e. The van der Waals surface area contributed by atoms with E-state index in [1.165, 1.54) is 0 Å². The number of anilines is 2. The number of aryl methyl sites for hydroxylation is 1. The molecule has 1 aliphatic rings. The van der Waals surface area contributed by atoms with Crippen LogP contribution in [0.5, 0.6) is 0 Å². The summed E-state index contributed by atoms with van der Waals surface area (Å²) in [6.07, 6.45) is 8.09. The van der Waals surface area contributed by atoms with Crippen LogP contribution in [0.4, 0.5) is 16.3 Å². The number of rotatable bonds is 7. The van der Waals surface area contributed by atoms with E-state index < -0.39 is 6.67 Å². The third-order valence-corrected chi connectivity index (χ3v) is 4.21. The lowest BCUT2D eigenvalue weighted by molar-refractivity contribution is 0.104. The fraction of sp³-hybridized carbons (Fsp3) is 0.529. The molecule has 1 unspecified atom stereocenters. The first-order chi connectivity index (χ1) is 12.3. The molecule has 1 atom stereocenters. The minimum atomic E-state index is -0.486. The normalized spacial score (nSPS) is 17.8. The van der Waals surface area contributed by atoms with Gasteiger partial charge in [0.25, 0.3) is 0 Å². The average Bonchev–Trinajstić information content (AvgIpc) is 2.69. The zero-order chi connectivity index (χ0) is 17.5. The van der Waals surface area contributed by atoms with E-state index in [0.29, 0.717) is 25.0 Å². The van der Waals surface area contributed by atoms with Gasteiger partial charge < -0.3 is 14.5 Å². The quantitative estimate of drug-likeness (QED) is 0.704. The fourth-order valence-electron chi connectivity index (χ4n) is 2.85. The third-order valence-electron chi connectivity index (χ3n) is 4.21. The number of hydrogen-bond donors (Lipinski definition) is 0. The summed E-state index contributed by atoms with van der Waals surface area (Å²) in [6.45, 7) is 4.27. The molecule has 1 aliphatic heterocycles. The zero-order valence-electron chi connectivity index (χ0n) is 14.4. The fourth-order valence-corrected chi connectivity index (χ4v) is 2.85. The Morgan fingerprint density at radius 1 is 1.12 bits per heavy atom. The molecule has 8 heteroatoms. The SMILES string of the molecule is CCc1cnc(N2CCN(c3ncccn3)C(COCCF)C2)nc1. The summed E-state index contributed by atoms with van der Waals surface area (Å²) in [5.74, 6) is 1.37. The summed E-state index contributed by atoms with van der Waals surface area (Å²) in [4.78, 5) is 21.8. The molecule has 134 valence electrons. The van der Waals surface area contributed by atoms with Crippen molar-refractivity contribution >= 4 is 11.9 Å². The first kappa shape index (κ1) is 17.5. The van der Waals surface area contributed by atoms with Gasteiger partial charge in [-0.05, 0) is 18.1 Å². The highest BCUT2D eigenvalue weighted by molar-refractivity contribution is 5.39. The van der Waals surface area contributed by atoms with E-state index in [4.69, 9.17) is 4.74 Å². The number of aromatic nitrogens is 4. The number of alkyl halides is 1. The Labute approximate surface area is 146 Å². The molecule has 7 nitrogen and oxygen atoms in total. The van der Waals surface area contributed by atoms with Gasteiger partial charge in [0.2, 0.25) is 11.9 Å². The summed E-state index contributed by atoms with van der Waals surface area (Å²) >= 11 is 0. The Balaban J connectivity index is 1.73. The summed E-state index contributed by atoms with van der Waals surface area (Å²) in [7, 11) is 0. The molecule has 1 saturated heterocycles. The molecule has 3 heterocycles. The van der Waals surface area contributed by atoms with E-state index in [2.05, 4.69) is 36.7 Å². The predicted octanol–water partition coefficient (Wildman–Crippen LogP) is 1.51. The first-order valence-electron chi connectivity index (χ1n) is 8.55. The minimum Gasteiger partial charge on any atom is -0.377 e. The van der Waals surface area contributed by atoms with Gasteiger partial charge in [0, 0.05) is 44.4 Å². The van der Waals surface area contributed by atoms with Gasteiger partial charge in [0.05, 0.1) is 19.3 Å². The predicted molar refractivity (Wildman–Crippen MR) is 93.6 cm³/mol. The molecule has 1 fully saturated rings. The highest BCUT2D eigenvalue weighted by Gasteiger charge is 2.30. The van der Waals surface area contributed by atoms with Crippen LogP contribution >= 0.6 is 0 Å². The van der Waals surface area contributed by atoms with Gasteiger partial charge >= 0.3 is 0 Å². The van der Waals surface area contributed by atoms with E-state index in [1.807, 2.05) is 12.4 Å². The lowest BCUT2D eigenvalue weighted by Gasteiger charge is -2.41. The maximum absolute atomic E-state index is 12.4. The van der Waals surface area contributed by atoms with Crippen molar-refractivity contribution in [3.63, 3.8) is 0 Å². The van der Waals surface area contributed by atoms with Crippen LogP contribution < -0.4 is 9.80 Å². The van der Waals surface area contributed by atoms with Crippen LogP contribution in [0.25, 0.3) is 0 Å². The topological polar surface area (TPSA) is 67.3 Å². The summed E-state index contributed by atoms with van der Waals surface area (Å²) in [5.41, 5.74) is 1.11. The first-order valence-corrected chi connectivity index (χ1v) is 8.55. The molecular weight excluding hydrogens is 323 g/mol. The molecule has 0 N–H and O–H groups in total. The minimum absolute atomic E-state index is 0.0113. The van der Waals surface area contributed by atoms with E-state index >= 15 is 0 Å². The lowest BCUT2D eigenvalue weighted by atomic mass is 10.2. The highest BCUT2D eigenvalue weighted by atomic mass is 19.1. The van der Waals surface area contributed by atoms with E-state index in [-0.39, 0.29) is 12.6 Å². The molecule has 0 amide bonds. The van der Waals surface area contributed by atoms with Gasteiger partial charge in [0.1, 0.15) is 6.67 Å². The lowest BCUT2D eigenvalue weighted by Crippen LogP contribution is -2.56. The Kier molecular flexibility index (Phi) is 6.05. The smallest absolute Gasteiger partial charge is 0.225 e. The van der Waals surface area contributed by atoms with Crippen LogP contribution in [0.15, 0.2) is 30.9 Å². The molecular formula is C17H23FN6O. The maximum atomic E-state index is 12.4. The van der Waals surface area contributed by atoms with E-state index in [0.717, 1.165) is 25.1 Å². The van der Waals surface area contributed by atoms with Gasteiger partial charge in [-0.3, -0.25) is 0 Å². The number of ether oxygens (including phenoxy) is 1. The number of hydrogen-bond acceptors (Lipinski definition) is 7. The van der Waals surface area contributed by atoms with Crippen molar-refractivity contribution in [1.29, 1.82) is 0 Å². The van der Waals surface area contributed by atoms with Crippen LogP contribution in [-0.4, -0.2) is 65.5 Å². The van der Waals surface area contributed by atoms with Crippen LogP contribution in [0.2, 0.25) is 0 Å². The standard InChI is InChI=1S/C17H23FN6O/c1-2-14-10-21-16(22-11-14)23-7-8-24(17-19-5-3-6-20-17)15(12-23)13-25-9-4-18/h3,5-6,10-11,15H,2,4,7-9,12-13H2,1H3. The van der Waals surface area contributed by atoms with Crippen molar-refractivity contribution in [2.75, 3.05) is 49.3 Å². The molecule has 0 aromatic carbocycles. The molecule has 2 aromatic heterocycles. The Morgan fingerprint density at radius 2 is 1.88 bits per heavy atom. The largest absolute Gasteiger partial charge is 0.377 e. The molecule has 0 aliphatic carbocycles. The van der Waals surface area contributed by atoms with Gasteiger partial charge in [-0.1, -0.05) is 6.92 Å². The molecule has 2 aromatic rings. The second kappa shape index (κ2) is 8.66. The highest BCUT2D eigenvalue weighted by Crippen LogP contribution is 2.19. The van der Waals surface area contributed by atoms with Crippen molar-refractivity contribution in [2.24, 2.45) is 0 Å². The van der Waals surface area contributed by atoms with Crippen LogP contribution in [0.3, 0.4) is 0 Å². The van der Waals surface area contributed by atoms with Crippen molar-refractivity contribution in [2.45, 2.75) is 19.4 Å². The van der Waals surface area contributed by atoms with Gasteiger partial charge in [-0.25, -0.2) is 24.3 Å². The second-order valence-electron chi connectivity index (χ2n) is 5.85. The van der Waals surface area contributed by atoms with Crippen molar-refractivity contribution in [3.8, 4) is 0 Å². The zero-order valence-corrected chi connectivity index (χ0v) is 14.4. The molecule has 25 heavy (non-hydrogen) atoms. The third kappa shape index (κ3) is 4.39.